The molecule has 0 saturated heterocycles. The van der Waals surface area contributed by atoms with Crippen LogP contribution in [0.5, 0.6) is 5.75 Å². The molecule has 1 aromatic heterocycles. The predicted molar refractivity (Wildman–Crippen MR) is 104 cm³/mol. The Morgan fingerprint density at radius 3 is 2.35 bits per heavy atom. The summed E-state index contributed by atoms with van der Waals surface area (Å²) in [7, 11) is 0. The molecule has 3 aromatic carbocycles. The molecule has 1 heterocycles. The van der Waals surface area contributed by atoms with Gasteiger partial charge in [-0.1, -0.05) is 41.9 Å². The number of phenols is 1. The number of aromatic nitrogens is 1. The lowest BCUT2D eigenvalue weighted by atomic mass is 10.1. The first-order chi connectivity index (χ1) is 12.6. The highest BCUT2D eigenvalue weighted by Crippen LogP contribution is 2.28. The van der Waals surface area contributed by atoms with Crippen LogP contribution in [-0.2, 0) is 17.8 Å². The number of aromatic amines is 1. The number of carbonyl (C=O) groups is 1. The monoisotopic (exact) mass is 364 g/mol. The summed E-state index contributed by atoms with van der Waals surface area (Å²) in [6.45, 7) is 0.437. The molecule has 4 nitrogen and oxygen atoms in total. The van der Waals surface area contributed by atoms with Crippen LogP contribution in [0.4, 0.5) is 0 Å². The highest BCUT2D eigenvalue weighted by Gasteiger charge is 2.08. The van der Waals surface area contributed by atoms with Crippen molar-refractivity contribution in [2.45, 2.75) is 13.0 Å². The Balaban J connectivity index is 1.48. The maximum atomic E-state index is 12.2. The van der Waals surface area contributed by atoms with Crippen LogP contribution in [0.3, 0.4) is 0 Å². The van der Waals surface area contributed by atoms with Crippen LogP contribution < -0.4 is 5.32 Å². The molecule has 0 saturated carbocycles. The molecule has 5 heteroatoms. The Labute approximate surface area is 155 Å². The Bertz CT molecular complexity index is 1100. The first-order valence-corrected chi connectivity index (χ1v) is 8.71. The number of nitrogens with one attached hydrogen (secondary N) is 2. The second-order valence-corrected chi connectivity index (χ2v) is 6.75. The molecular formula is C21H17ClN2O2. The van der Waals surface area contributed by atoms with Gasteiger partial charge in [0, 0.05) is 33.4 Å². The van der Waals surface area contributed by atoms with E-state index < -0.39 is 0 Å². The fourth-order valence-corrected chi connectivity index (χ4v) is 3.27. The van der Waals surface area contributed by atoms with Gasteiger partial charge in [0.05, 0.1) is 6.42 Å². The van der Waals surface area contributed by atoms with Crippen molar-refractivity contribution in [2.75, 3.05) is 0 Å². The van der Waals surface area contributed by atoms with Crippen LogP contribution in [0.2, 0.25) is 5.02 Å². The molecule has 4 aromatic rings. The van der Waals surface area contributed by atoms with Crippen molar-refractivity contribution in [3.05, 3.63) is 76.8 Å². The summed E-state index contributed by atoms with van der Waals surface area (Å²) in [4.78, 5) is 15.6. The van der Waals surface area contributed by atoms with Crippen LogP contribution in [0.15, 0.2) is 60.7 Å². The maximum Gasteiger partial charge on any atom is 0.224 e. The van der Waals surface area contributed by atoms with E-state index in [1.165, 1.54) is 0 Å². The van der Waals surface area contributed by atoms with Gasteiger partial charge >= 0.3 is 0 Å². The number of fused-ring (bicyclic) bond motifs is 3. The fourth-order valence-electron chi connectivity index (χ4n) is 3.10. The zero-order valence-corrected chi connectivity index (χ0v) is 14.7. The van der Waals surface area contributed by atoms with Crippen LogP contribution in [0.25, 0.3) is 21.8 Å². The SMILES string of the molecule is O=C(Cc1ccc2c(c1)[nH]c1cc(Cl)ccc12)NCc1ccc(O)cc1. The summed E-state index contributed by atoms with van der Waals surface area (Å²) >= 11 is 6.05. The van der Waals surface area contributed by atoms with E-state index in [1.807, 2.05) is 36.4 Å². The minimum atomic E-state index is -0.0448. The third-order valence-corrected chi connectivity index (χ3v) is 4.65. The van der Waals surface area contributed by atoms with E-state index in [0.717, 1.165) is 32.9 Å². The number of halogens is 1. The number of hydrogen-bond donors (Lipinski definition) is 3. The van der Waals surface area contributed by atoms with E-state index in [1.54, 1.807) is 24.3 Å². The molecule has 1 amide bonds. The van der Waals surface area contributed by atoms with Crippen molar-refractivity contribution in [2.24, 2.45) is 0 Å². The predicted octanol–water partition coefficient (Wildman–Crippen LogP) is 4.54. The average Bonchev–Trinajstić information content (AvgIpc) is 2.97. The molecule has 130 valence electrons. The van der Waals surface area contributed by atoms with Gasteiger partial charge in [-0.05, 0) is 41.5 Å². The van der Waals surface area contributed by atoms with E-state index in [2.05, 4.69) is 10.3 Å². The number of carbonyl (C=O) groups excluding carboxylic acids is 1. The summed E-state index contributed by atoms with van der Waals surface area (Å²) in [5, 5.41) is 15.1. The molecule has 0 aliphatic heterocycles. The second kappa shape index (κ2) is 6.73. The highest BCUT2D eigenvalue weighted by molar-refractivity contribution is 6.31. The summed E-state index contributed by atoms with van der Waals surface area (Å²) in [6.07, 6.45) is 0.310. The van der Waals surface area contributed by atoms with E-state index in [0.29, 0.717) is 18.0 Å². The van der Waals surface area contributed by atoms with Crippen LogP contribution in [-0.4, -0.2) is 16.0 Å². The van der Waals surface area contributed by atoms with Crippen molar-refractivity contribution in [1.82, 2.24) is 10.3 Å². The molecule has 0 aliphatic rings. The van der Waals surface area contributed by atoms with Crippen LogP contribution in [0.1, 0.15) is 11.1 Å². The van der Waals surface area contributed by atoms with Crippen molar-refractivity contribution in [1.29, 1.82) is 0 Å². The van der Waals surface area contributed by atoms with Gasteiger partial charge in [0.25, 0.3) is 0 Å². The topological polar surface area (TPSA) is 65.1 Å². The summed E-state index contributed by atoms with van der Waals surface area (Å²) in [6, 6.07) is 18.6. The van der Waals surface area contributed by atoms with Crippen LogP contribution >= 0.6 is 11.6 Å². The lowest BCUT2D eigenvalue weighted by molar-refractivity contribution is -0.120. The molecule has 0 fully saturated rings. The zero-order valence-electron chi connectivity index (χ0n) is 13.9. The normalized spacial score (nSPS) is 11.1. The minimum absolute atomic E-state index is 0.0448. The molecule has 0 spiro atoms. The number of amides is 1. The molecule has 0 atom stereocenters. The molecule has 0 unspecified atom stereocenters. The number of H-pyrrole nitrogens is 1. The number of rotatable bonds is 4. The van der Waals surface area contributed by atoms with Crippen LogP contribution in [0, 0.1) is 0 Å². The molecule has 4 rings (SSSR count). The van der Waals surface area contributed by atoms with Crippen molar-refractivity contribution in [3.8, 4) is 5.75 Å². The van der Waals surface area contributed by atoms with Gasteiger partial charge in [-0.25, -0.2) is 0 Å². The Morgan fingerprint density at radius 2 is 1.58 bits per heavy atom. The van der Waals surface area contributed by atoms with Gasteiger partial charge < -0.3 is 15.4 Å². The quantitative estimate of drug-likeness (QED) is 0.497. The van der Waals surface area contributed by atoms with Gasteiger partial charge in [0.15, 0.2) is 0 Å². The van der Waals surface area contributed by atoms with Crippen molar-refractivity contribution in [3.63, 3.8) is 0 Å². The lowest BCUT2D eigenvalue weighted by Gasteiger charge is -2.06. The first kappa shape index (κ1) is 16.5. The molecular weight excluding hydrogens is 348 g/mol. The number of benzene rings is 3. The third-order valence-electron chi connectivity index (χ3n) is 4.42. The number of phenolic OH excluding ortho intramolecular Hbond substituents is 1. The van der Waals surface area contributed by atoms with E-state index in [-0.39, 0.29) is 11.7 Å². The lowest BCUT2D eigenvalue weighted by Crippen LogP contribution is -2.24. The van der Waals surface area contributed by atoms with Crippen molar-refractivity contribution >= 4 is 39.3 Å². The van der Waals surface area contributed by atoms with E-state index in [4.69, 9.17) is 11.6 Å². The van der Waals surface area contributed by atoms with Gasteiger partial charge in [-0.2, -0.15) is 0 Å². The highest BCUT2D eigenvalue weighted by atomic mass is 35.5. The first-order valence-electron chi connectivity index (χ1n) is 8.33. The number of aromatic hydroxyl groups is 1. The minimum Gasteiger partial charge on any atom is -0.508 e. The van der Waals surface area contributed by atoms with Gasteiger partial charge in [-0.15, -0.1) is 0 Å². The largest absolute Gasteiger partial charge is 0.508 e. The maximum absolute atomic E-state index is 12.2. The zero-order chi connectivity index (χ0) is 18.1. The molecule has 0 aliphatic carbocycles. The third kappa shape index (κ3) is 3.37. The fraction of sp³-hybridized carbons (Fsp3) is 0.0952. The smallest absolute Gasteiger partial charge is 0.224 e. The molecule has 0 radical (unpaired) electrons. The summed E-state index contributed by atoms with van der Waals surface area (Å²) < 4.78 is 0. The van der Waals surface area contributed by atoms with Crippen molar-refractivity contribution < 1.29 is 9.90 Å². The Morgan fingerprint density at radius 1 is 0.923 bits per heavy atom. The van der Waals surface area contributed by atoms with E-state index in [9.17, 15) is 9.90 Å². The number of hydrogen-bond acceptors (Lipinski definition) is 2. The Hall–Kier alpha value is -2.98. The van der Waals surface area contributed by atoms with E-state index >= 15 is 0 Å². The van der Waals surface area contributed by atoms with Gasteiger partial charge in [0.1, 0.15) is 5.75 Å². The standard InChI is InChI=1S/C21H17ClN2O2/c22-15-4-8-18-17-7-3-14(9-19(17)24-20(18)11-15)10-21(26)23-12-13-1-5-16(25)6-2-13/h1-9,11,24-25H,10,12H2,(H,23,26). The molecule has 0 bridgehead atoms. The molecule has 3 N–H and O–H groups in total. The van der Waals surface area contributed by atoms with Gasteiger partial charge in [-0.3, -0.25) is 4.79 Å². The molecule has 26 heavy (non-hydrogen) atoms. The second-order valence-electron chi connectivity index (χ2n) is 6.31. The van der Waals surface area contributed by atoms with Gasteiger partial charge in [0.2, 0.25) is 5.91 Å². The average molecular weight is 365 g/mol. The summed E-state index contributed by atoms with van der Waals surface area (Å²) in [5.41, 5.74) is 3.87. The summed E-state index contributed by atoms with van der Waals surface area (Å²) in [5.74, 6) is 0.171. The Kier molecular flexibility index (Phi) is 4.27.